The van der Waals surface area contributed by atoms with Crippen LogP contribution in [0.5, 0.6) is 0 Å². The molecule has 0 aromatic heterocycles. The molecule has 5 heteroatoms. The molecule has 2 aliphatic rings. The Labute approximate surface area is 182 Å². The van der Waals surface area contributed by atoms with Gasteiger partial charge in [0.2, 0.25) is 5.91 Å². The van der Waals surface area contributed by atoms with Crippen molar-refractivity contribution in [3.8, 4) is 0 Å². The van der Waals surface area contributed by atoms with Crippen LogP contribution in [-0.2, 0) is 4.79 Å². The first-order valence-corrected chi connectivity index (χ1v) is 11.4. The third kappa shape index (κ3) is 4.36. The Morgan fingerprint density at radius 3 is 2.52 bits per heavy atom. The minimum atomic E-state index is -0.0806. The lowest BCUT2D eigenvalue weighted by Gasteiger charge is -2.35. The van der Waals surface area contributed by atoms with Gasteiger partial charge in [0.25, 0.3) is 0 Å². The topological polar surface area (TPSA) is 35.6 Å². The van der Waals surface area contributed by atoms with Crippen LogP contribution in [0.1, 0.15) is 48.8 Å². The molecule has 0 aliphatic carbocycles. The third-order valence-electron chi connectivity index (χ3n) is 6.35. The lowest BCUT2D eigenvalue weighted by Crippen LogP contribution is -2.47. The van der Waals surface area contributed by atoms with Crippen molar-refractivity contribution in [2.75, 3.05) is 32.1 Å². The Bertz CT molecular complexity index is 851. The molecule has 2 aromatic rings. The molecule has 2 saturated heterocycles. The normalized spacial score (nSPS) is 24.5. The second kappa shape index (κ2) is 8.88. The molecule has 2 heterocycles. The Hall–Kier alpha value is -1.85. The van der Waals surface area contributed by atoms with E-state index in [1.165, 1.54) is 29.7 Å². The minimum absolute atomic E-state index is 0.0806. The van der Waals surface area contributed by atoms with Crippen LogP contribution >= 0.6 is 15.9 Å². The van der Waals surface area contributed by atoms with E-state index in [9.17, 15) is 4.79 Å². The van der Waals surface area contributed by atoms with Crippen LogP contribution in [0.2, 0.25) is 0 Å². The van der Waals surface area contributed by atoms with Gasteiger partial charge in [-0.05, 0) is 73.5 Å². The van der Waals surface area contributed by atoms with Crippen LogP contribution in [-0.4, -0.2) is 44.0 Å². The lowest BCUT2D eigenvalue weighted by molar-refractivity contribution is -0.131. The first kappa shape index (κ1) is 20.4. The SMILES string of the molecule is CN(C)C(=O)C1C[C@H](c2ccccc2C2CCCN2c2ccc(Br)cc2)CCN1. The molecule has 1 amide bonds. The highest BCUT2D eigenvalue weighted by molar-refractivity contribution is 9.10. The molecule has 0 bridgehead atoms. The number of anilines is 1. The van der Waals surface area contributed by atoms with E-state index in [2.05, 4.69) is 74.7 Å². The number of carbonyl (C=O) groups excluding carboxylic acids is 1. The molecule has 2 fully saturated rings. The maximum atomic E-state index is 12.5. The Kier molecular flexibility index (Phi) is 6.26. The second-order valence-electron chi connectivity index (χ2n) is 8.42. The van der Waals surface area contributed by atoms with Gasteiger partial charge in [-0.25, -0.2) is 0 Å². The predicted molar refractivity (Wildman–Crippen MR) is 122 cm³/mol. The van der Waals surface area contributed by atoms with Crippen LogP contribution in [0.3, 0.4) is 0 Å². The zero-order valence-electron chi connectivity index (χ0n) is 17.3. The molecule has 1 N–H and O–H groups in total. The summed E-state index contributed by atoms with van der Waals surface area (Å²) in [5, 5.41) is 3.42. The molecule has 4 rings (SSSR count). The van der Waals surface area contributed by atoms with Gasteiger partial charge in [0, 0.05) is 30.8 Å². The van der Waals surface area contributed by atoms with Gasteiger partial charge in [-0.15, -0.1) is 0 Å². The highest BCUT2D eigenvalue weighted by Crippen LogP contribution is 2.41. The van der Waals surface area contributed by atoms with E-state index in [0.717, 1.165) is 30.4 Å². The van der Waals surface area contributed by atoms with Gasteiger partial charge in [-0.3, -0.25) is 4.79 Å². The molecule has 3 atom stereocenters. The zero-order valence-corrected chi connectivity index (χ0v) is 18.9. The standard InChI is InChI=1S/C24H30BrN3O/c1-27(2)24(29)22-16-17(13-14-26-22)20-6-3-4-7-21(20)23-8-5-15-28(23)19-11-9-18(25)10-12-19/h3-4,6-7,9-12,17,22-23,26H,5,8,13-16H2,1-2H3/t17-,22?,23?/m1/s1. The lowest BCUT2D eigenvalue weighted by atomic mass is 9.81. The van der Waals surface area contributed by atoms with Crippen LogP contribution in [0.15, 0.2) is 53.0 Å². The second-order valence-corrected chi connectivity index (χ2v) is 9.33. The average molecular weight is 456 g/mol. The Morgan fingerprint density at radius 1 is 1.07 bits per heavy atom. The quantitative estimate of drug-likeness (QED) is 0.724. The summed E-state index contributed by atoms with van der Waals surface area (Å²) in [5.74, 6) is 0.609. The summed E-state index contributed by atoms with van der Waals surface area (Å²) in [6.45, 7) is 1.99. The number of nitrogens with zero attached hydrogens (tertiary/aromatic N) is 2. The summed E-state index contributed by atoms with van der Waals surface area (Å²) in [6, 6.07) is 17.9. The number of hydrogen-bond acceptors (Lipinski definition) is 3. The van der Waals surface area contributed by atoms with Crippen molar-refractivity contribution in [3.05, 3.63) is 64.1 Å². The van der Waals surface area contributed by atoms with Crippen LogP contribution < -0.4 is 10.2 Å². The first-order valence-electron chi connectivity index (χ1n) is 10.6. The van der Waals surface area contributed by atoms with Crippen LogP contribution in [0.4, 0.5) is 5.69 Å². The van der Waals surface area contributed by atoms with Gasteiger partial charge in [-0.1, -0.05) is 40.2 Å². The first-order chi connectivity index (χ1) is 14.0. The van der Waals surface area contributed by atoms with Gasteiger partial charge < -0.3 is 15.1 Å². The van der Waals surface area contributed by atoms with E-state index in [0.29, 0.717) is 12.0 Å². The smallest absolute Gasteiger partial charge is 0.239 e. The highest BCUT2D eigenvalue weighted by Gasteiger charge is 2.33. The largest absolute Gasteiger partial charge is 0.364 e. The molecule has 0 saturated carbocycles. The van der Waals surface area contributed by atoms with Crippen molar-refractivity contribution in [2.24, 2.45) is 0 Å². The molecule has 154 valence electrons. The van der Waals surface area contributed by atoms with Gasteiger partial charge in [0.1, 0.15) is 0 Å². The van der Waals surface area contributed by atoms with E-state index in [-0.39, 0.29) is 11.9 Å². The summed E-state index contributed by atoms with van der Waals surface area (Å²) >= 11 is 3.55. The summed E-state index contributed by atoms with van der Waals surface area (Å²) in [5.41, 5.74) is 4.16. The van der Waals surface area contributed by atoms with Crippen molar-refractivity contribution >= 4 is 27.5 Å². The number of likely N-dealkylation sites (N-methyl/N-ethyl adjacent to an activating group) is 1. The van der Waals surface area contributed by atoms with Crippen molar-refractivity contribution in [1.82, 2.24) is 10.2 Å². The average Bonchev–Trinajstić information content (AvgIpc) is 3.23. The van der Waals surface area contributed by atoms with E-state index in [4.69, 9.17) is 0 Å². The van der Waals surface area contributed by atoms with E-state index in [1.54, 1.807) is 4.90 Å². The number of halogens is 1. The molecule has 4 nitrogen and oxygen atoms in total. The van der Waals surface area contributed by atoms with Crippen molar-refractivity contribution < 1.29 is 4.79 Å². The summed E-state index contributed by atoms with van der Waals surface area (Å²) in [6.07, 6.45) is 4.35. The van der Waals surface area contributed by atoms with Gasteiger partial charge in [0.05, 0.1) is 12.1 Å². The molecule has 29 heavy (non-hydrogen) atoms. The summed E-state index contributed by atoms with van der Waals surface area (Å²) < 4.78 is 1.11. The fourth-order valence-electron chi connectivity index (χ4n) is 4.92. The number of piperidine rings is 1. The van der Waals surface area contributed by atoms with Crippen LogP contribution in [0, 0.1) is 0 Å². The Morgan fingerprint density at radius 2 is 1.79 bits per heavy atom. The monoisotopic (exact) mass is 455 g/mol. The molecular weight excluding hydrogens is 426 g/mol. The number of benzene rings is 2. The van der Waals surface area contributed by atoms with E-state index in [1.807, 2.05) is 14.1 Å². The number of carbonyl (C=O) groups is 1. The van der Waals surface area contributed by atoms with Gasteiger partial charge in [-0.2, -0.15) is 0 Å². The molecule has 2 aromatic carbocycles. The Balaban J connectivity index is 1.61. The third-order valence-corrected chi connectivity index (χ3v) is 6.88. The number of rotatable bonds is 4. The molecule has 0 spiro atoms. The number of hydrogen-bond donors (Lipinski definition) is 1. The van der Waals surface area contributed by atoms with Gasteiger partial charge in [0.15, 0.2) is 0 Å². The van der Waals surface area contributed by atoms with Crippen molar-refractivity contribution in [3.63, 3.8) is 0 Å². The molecule has 2 aliphatic heterocycles. The highest BCUT2D eigenvalue weighted by atomic mass is 79.9. The van der Waals surface area contributed by atoms with Crippen LogP contribution in [0.25, 0.3) is 0 Å². The molecule has 0 radical (unpaired) electrons. The van der Waals surface area contributed by atoms with E-state index < -0.39 is 0 Å². The fraction of sp³-hybridized carbons (Fsp3) is 0.458. The fourth-order valence-corrected chi connectivity index (χ4v) is 5.18. The van der Waals surface area contributed by atoms with Crippen molar-refractivity contribution in [1.29, 1.82) is 0 Å². The maximum Gasteiger partial charge on any atom is 0.239 e. The summed E-state index contributed by atoms with van der Waals surface area (Å²) in [7, 11) is 3.69. The van der Waals surface area contributed by atoms with E-state index >= 15 is 0 Å². The summed E-state index contributed by atoms with van der Waals surface area (Å²) in [4.78, 5) is 16.8. The van der Waals surface area contributed by atoms with Crippen molar-refractivity contribution in [2.45, 2.75) is 43.7 Å². The minimum Gasteiger partial charge on any atom is -0.364 e. The number of amides is 1. The molecule has 2 unspecified atom stereocenters. The van der Waals surface area contributed by atoms with Gasteiger partial charge >= 0.3 is 0 Å². The maximum absolute atomic E-state index is 12.5. The number of nitrogens with one attached hydrogen (secondary N) is 1. The predicted octanol–water partition coefficient (Wildman–Crippen LogP) is 4.71. The molecular formula is C24H30BrN3O. The zero-order chi connectivity index (χ0) is 20.4.